The van der Waals surface area contributed by atoms with Gasteiger partial charge in [0, 0.05) is 10.1 Å². The van der Waals surface area contributed by atoms with Crippen LogP contribution in [0.1, 0.15) is 9.67 Å². The smallest absolute Gasteiger partial charge is 0.267 e. The van der Waals surface area contributed by atoms with Crippen molar-refractivity contribution in [3.8, 4) is 0 Å². The Kier molecular flexibility index (Phi) is 3.93. The van der Waals surface area contributed by atoms with E-state index >= 15 is 0 Å². The zero-order valence-corrected chi connectivity index (χ0v) is 14.7. The van der Waals surface area contributed by atoms with Gasteiger partial charge in [-0.25, -0.2) is 0 Å². The van der Waals surface area contributed by atoms with E-state index in [0.29, 0.717) is 20.6 Å². The van der Waals surface area contributed by atoms with E-state index in [1.165, 1.54) is 11.3 Å². The van der Waals surface area contributed by atoms with E-state index < -0.39 is 0 Å². The molecule has 0 atom stereocenters. The maximum absolute atomic E-state index is 12.6. The van der Waals surface area contributed by atoms with Crippen LogP contribution in [0.3, 0.4) is 0 Å². The second kappa shape index (κ2) is 6.10. The van der Waals surface area contributed by atoms with Crippen LogP contribution < -0.4 is 5.32 Å². The van der Waals surface area contributed by atoms with Crippen molar-refractivity contribution < 1.29 is 4.79 Å². The fourth-order valence-electron chi connectivity index (χ4n) is 2.72. The summed E-state index contributed by atoms with van der Waals surface area (Å²) in [6.45, 7) is 0. The first-order valence-corrected chi connectivity index (χ1v) is 8.88. The second-order valence-electron chi connectivity index (χ2n) is 5.34. The molecule has 5 heteroatoms. The predicted octanol–water partition coefficient (Wildman–Crippen LogP) is 6.61. The number of hydrogen-bond donors (Lipinski definition) is 1. The molecule has 24 heavy (non-hydrogen) atoms. The summed E-state index contributed by atoms with van der Waals surface area (Å²) in [4.78, 5) is 13.1. The first-order chi connectivity index (χ1) is 11.6. The van der Waals surface area contributed by atoms with E-state index in [1.807, 2.05) is 48.5 Å². The molecule has 4 rings (SSSR count). The molecule has 118 valence electrons. The fraction of sp³-hybridized carbons (Fsp3) is 0. The third-order valence-electron chi connectivity index (χ3n) is 3.85. The summed E-state index contributed by atoms with van der Waals surface area (Å²) in [6.07, 6.45) is 0. The molecule has 1 N–H and O–H groups in total. The normalized spacial score (nSPS) is 11.1. The van der Waals surface area contributed by atoms with Crippen LogP contribution in [0.4, 0.5) is 5.69 Å². The minimum atomic E-state index is -0.251. The number of anilines is 1. The molecule has 1 amide bonds. The topological polar surface area (TPSA) is 29.1 Å². The van der Waals surface area contributed by atoms with E-state index in [2.05, 4.69) is 5.32 Å². The van der Waals surface area contributed by atoms with Crippen LogP contribution in [0.15, 0.2) is 60.7 Å². The van der Waals surface area contributed by atoms with Crippen LogP contribution >= 0.6 is 34.5 Å². The van der Waals surface area contributed by atoms with Gasteiger partial charge in [-0.15, -0.1) is 11.3 Å². The number of nitrogens with one attached hydrogen (secondary N) is 1. The third kappa shape index (κ3) is 2.55. The maximum atomic E-state index is 12.6. The van der Waals surface area contributed by atoms with Crippen LogP contribution in [0.2, 0.25) is 10.0 Å². The molecule has 0 unspecified atom stereocenters. The average molecular weight is 372 g/mol. The van der Waals surface area contributed by atoms with Crippen molar-refractivity contribution in [3.05, 3.63) is 75.6 Å². The van der Waals surface area contributed by atoms with Crippen molar-refractivity contribution in [1.29, 1.82) is 0 Å². The van der Waals surface area contributed by atoms with E-state index in [-0.39, 0.29) is 5.91 Å². The molecule has 0 saturated carbocycles. The lowest BCUT2D eigenvalue weighted by Gasteiger charge is -2.05. The molecule has 1 heterocycles. The Balaban J connectivity index is 1.82. The monoisotopic (exact) mass is 371 g/mol. The van der Waals surface area contributed by atoms with Crippen LogP contribution in [0.5, 0.6) is 0 Å². The average Bonchev–Trinajstić information content (AvgIpc) is 2.94. The molecule has 0 aliphatic heterocycles. The summed E-state index contributed by atoms with van der Waals surface area (Å²) < 4.78 is 0.989. The highest BCUT2D eigenvalue weighted by molar-refractivity contribution is 7.22. The van der Waals surface area contributed by atoms with Gasteiger partial charge in [0.2, 0.25) is 0 Å². The molecular weight excluding hydrogens is 361 g/mol. The van der Waals surface area contributed by atoms with Gasteiger partial charge >= 0.3 is 0 Å². The number of fused-ring (bicyclic) bond motifs is 3. The largest absolute Gasteiger partial charge is 0.320 e. The molecule has 4 aromatic rings. The van der Waals surface area contributed by atoms with Crippen molar-refractivity contribution >= 4 is 67.0 Å². The summed E-state index contributed by atoms with van der Waals surface area (Å²) >= 11 is 14.0. The second-order valence-corrected chi connectivity index (χ2v) is 7.18. The first kappa shape index (κ1) is 15.5. The summed E-state index contributed by atoms with van der Waals surface area (Å²) in [5.74, 6) is -0.251. The Labute approximate surface area is 152 Å². The number of carbonyl (C=O) groups is 1. The Bertz CT molecular complexity index is 1090. The predicted molar refractivity (Wildman–Crippen MR) is 104 cm³/mol. The molecule has 0 aliphatic carbocycles. The van der Waals surface area contributed by atoms with Gasteiger partial charge in [-0.3, -0.25) is 4.79 Å². The zero-order valence-electron chi connectivity index (χ0n) is 12.3. The maximum Gasteiger partial charge on any atom is 0.267 e. The lowest BCUT2D eigenvalue weighted by molar-refractivity contribution is 0.103. The SMILES string of the molecule is O=C(Nc1ccccc1Cl)c1sc2ccc3ccccc3c2c1Cl. The standard InChI is InChI=1S/C19H11Cl2NOS/c20-13-7-3-4-8-14(13)22-19(23)18-17(21)16-12-6-2-1-5-11(12)9-10-15(16)24-18/h1-10H,(H,22,23). The van der Waals surface area contributed by atoms with E-state index in [9.17, 15) is 4.79 Å². The van der Waals surface area contributed by atoms with Gasteiger partial charge in [-0.2, -0.15) is 0 Å². The number of rotatable bonds is 2. The summed E-state index contributed by atoms with van der Waals surface area (Å²) in [6, 6.07) is 19.2. The lowest BCUT2D eigenvalue weighted by atomic mass is 10.1. The first-order valence-electron chi connectivity index (χ1n) is 7.31. The van der Waals surface area contributed by atoms with Crippen LogP contribution in [-0.2, 0) is 0 Å². The number of halogens is 2. The summed E-state index contributed by atoms with van der Waals surface area (Å²) in [7, 11) is 0. The molecule has 2 nitrogen and oxygen atoms in total. The number of carbonyl (C=O) groups excluding carboxylic acids is 1. The zero-order chi connectivity index (χ0) is 16.7. The lowest BCUT2D eigenvalue weighted by Crippen LogP contribution is -2.10. The highest BCUT2D eigenvalue weighted by Crippen LogP contribution is 2.40. The van der Waals surface area contributed by atoms with Gasteiger partial charge in [0.1, 0.15) is 4.88 Å². The van der Waals surface area contributed by atoms with Crippen molar-refractivity contribution in [2.24, 2.45) is 0 Å². The molecule has 3 aromatic carbocycles. The van der Waals surface area contributed by atoms with Crippen molar-refractivity contribution in [2.75, 3.05) is 5.32 Å². The number of thiophene rings is 1. The van der Waals surface area contributed by atoms with Gasteiger partial charge in [0.25, 0.3) is 5.91 Å². The molecule has 0 bridgehead atoms. The molecule has 0 fully saturated rings. The van der Waals surface area contributed by atoms with Crippen molar-refractivity contribution in [1.82, 2.24) is 0 Å². The van der Waals surface area contributed by atoms with Crippen LogP contribution in [0.25, 0.3) is 20.9 Å². The highest BCUT2D eigenvalue weighted by Gasteiger charge is 2.19. The highest BCUT2D eigenvalue weighted by atomic mass is 35.5. The van der Waals surface area contributed by atoms with Crippen LogP contribution in [0, 0.1) is 0 Å². The molecule has 0 aliphatic rings. The van der Waals surface area contributed by atoms with Gasteiger partial charge in [-0.05, 0) is 29.0 Å². The minimum Gasteiger partial charge on any atom is -0.320 e. The van der Waals surface area contributed by atoms with Gasteiger partial charge in [0.15, 0.2) is 0 Å². The summed E-state index contributed by atoms with van der Waals surface area (Å²) in [5.41, 5.74) is 0.572. The minimum absolute atomic E-state index is 0.251. The Morgan fingerprint density at radius 2 is 1.67 bits per heavy atom. The van der Waals surface area contributed by atoms with Gasteiger partial charge < -0.3 is 5.32 Å². The van der Waals surface area contributed by atoms with Gasteiger partial charge in [0.05, 0.1) is 15.7 Å². The molecule has 0 radical (unpaired) electrons. The van der Waals surface area contributed by atoms with E-state index in [0.717, 1.165) is 20.9 Å². The third-order valence-corrected chi connectivity index (χ3v) is 5.82. The number of para-hydroxylation sites is 1. The quantitative estimate of drug-likeness (QED) is 0.421. The van der Waals surface area contributed by atoms with Crippen molar-refractivity contribution in [3.63, 3.8) is 0 Å². The molecule has 0 spiro atoms. The number of benzene rings is 3. The van der Waals surface area contributed by atoms with E-state index in [1.54, 1.807) is 12.1 Å². The number of amides is 1. The fourth-order valence-corrected chi connectivity index (χ4v) is 4.37. The van der Waals surface area contributed by atoms with Crippen LogP contribution in [-0.4, -0.2) is 5.91 Å². The van der Waals surface area contributed by atoms with Crippen molar-refractivity contribution in [2.45, 2.75) is 0 Å². The van der Waals surface area contributed by atoms with E-state index in [4.69, 9.17) is 23.2 Å². The van der Waals surface area contributed by atoms with Gasteiger partial charge in [-0.1, -0.05) is 65.7 Å². The Morgan fingerprint density at radius 1 is 0.917 bits per heavy atom. The molecule has 1 aromatic heterocycles. The Morgan fingerprint density at radius 3 is 2.50 bits per heavy atom. The summed E-state index contributed by atoms with van der Waals surface area (Å²) in [5, 5.41) is 6.88. The Hall–Kier alpha value is -2.07. The molecule has 0 saturated heterocycles. The molecular formula is C19H11Cl2NOS. The number of hydrogen-bond acceptors (Lipinski definition) is 2.